The van der Waals surface area contributed by atoms with Gasteiger partial charge in [-0.3, -0.25) is 9.59 Å². The van der Waals surface area contributed by atoms with Crippen LogP contribution in [0.1, 0.15) is 35.7 Å². The zero-order valence-corrected chi connectivity index (χ0v) is 18.2. The van der Waals surface area contributed by atoms with Crippen LogP contribution in [-0.2, 0) is 5.41 Å². The number of fused-ring (bicyclic) bond motifs is 1. The van der Waals surface area contributed by atoms with Gasteiger partial charge in [-0.25, -0.2) is 0 Å². The van der Waals surface area contributed by atoms with Crippen molar-refractivity contribution in [2.24, 2.45) is 0 Å². The predicted molar refractivity (Wildman–Crippen MR) is 120 cm³/mol. The van der Waals surface area contributed by atoms with E-state index in [0.717, 1.165) is 23.6 Å². The summed E-state index contributed by atoms with van der Waals surface area (Å²) >= 11 is 0. The van der Waals surface area contributed by atoms with Crippen molar-refractivity contribution in [3.8, 4) is 5.75 Å². The summed E-state index contributed by atoms with van der Waals surface area (Å²) in [6, 6.07) is 10.8. The Morgan fingerprint density at radius 3 is 2.52 bits per heavy atom. The van der Waals surface area contributed by atoms with Crippen molar-refractivity contribution in [1.29, 1.82) is 0 Å². The van der Waals surface area contributed by atoms with E-state index in [0.29, 0.717) is 16.6 Å². The highest BCUT2D eigenvalue weighted by Crippen LogP contribution is 2.50. The molecule has 5 nitrogen and oxygen atoms in total. The van der Waals surface area contributed by atoms with E-state index in [1.165, 1.54) is 6.20 Å². The van der Waals surface area contributed by atoms with Crippen LogP contribution in [0.5, 0.6) is 5.75 Å². The van der Waals surface area contributed by atoms with Crippen molar-refractivity contribution in [2.45, 2.75) is 44.8 Å². The van der Waals surface area contributed by atoms with E-state index < -0.39 is 14.0 Å². The van der Waals surface area contributed by atoms with Crippen LogP contribution in [0.4, 0.5) is 5.69 Å². The van der Waals surface area contributed by atoms with Gasteiger partial charge in [0.15, 0.2) is 0 Å². The number of hydrogen-bond donors (Lipinski definition) is 3. The standard InChI is InChI=1S/C23H26N2O3Si/c1-23(9-10-23)16-11-20(29(2,3)4)19(26)12-18(16)25-22(28)15-13-24-17-8-6-5-7-14(17)21(15)27/h5-8,11-13,26H,9-10H2,1-4H3,(H,24,27)(H,25,28). The first-order valence-electron chi connectivity index (χ1n) is 9.90. The molecule has 1 saturated carbocycles. The molecule has 1 fully saturated rings. The Morgan fingerprint density at radius 1 is 1.17 bits per heavy atom. The fourth-order valence-corrected chi connectivity index (χ4v) is 5.19. The number of anilines is 1. The Morgan fingerprint density at radius 2 is 1.86 bits per heavy atom. The number of H-pyrrole nitrogens is 1. The maximum absolute atomic E-state index is 13.0. The summed E-state index contributed by atoms with van der Waals surface area (Å²) in [5.41, 5.74) is 2.07. The number of amides is 1. The molecule has 1 aliphatic rings. The lowest BCUT2D eigenvalue weighted by Gasteiger charge is -2.24. The van der Waals surface area contributed by atoms with Crippen LogP contribution < -0.4 is 15.9 Å². The summed E-state index contributed by atoms with van der Waals surface area (Å²) in [6.45, 7) is 8.74. The van der Waals surface area contributed by atoms with Gasteiger partial charge in [-0.1, -0.05) is 44.8 Å². The molecule has 1 aliphatic carbocycles. The number of carbonyl (C=O) groups is 1. The maximum atomic E-state index is 13.0. The summed E-state index contributed by atoms with van der Waals surface area (Å²) in [5.74, 6) is -0.262. The Bertz CT molecular complexity index is 1190. The highest BCUT2D eigenvalue weighted by atomic mass is 28.3. The average molecular weight is 407 g/mol. The first kappa shape index (κ1) is 19.5. The van der Waals surface area contributed by atoms with Crippen LogP contribution in [0, 0.1) is 0 Å². The number of phenolic OH excluding ortho intramolecular Hbond substituents is 1. The fourth-order valence-electron chi connectivity index (χ4n) is 3.77. The molecular weight excluding hydrogens is 380 g/mol. The van der Waals surface area contributed by atoms with Gasteiger partial charge in [0.2, 0.25) is 5.43 Å². The number of aromatic amines is 1. The molecule has 1 aromatic heterocycles. The molecule has 3 aromatic rings. The van der Waals surface area contributed by atoms with Crippen LogP contribution in [0.15, 0.2) is 47.4 Å². The van der Waals surface area contributed by atoms with E-state index >= 15 is 0 Å². The van der Waals surface area contributed by atoms with Crippen molar-refractivity contribution in [1.82, 2.24) is 4.98 Å². The van der Waals surface area contributed by atoms with E-state index in [1.54, 1.807) is 24.3 Å². The third-order valence-electron chi connectivity index (χ3n) is 5.88. The third kappa shape index (κ3) is 3.49. The highest BCUT2D eigenvalue weighted by Gasteiger charge is 2.42. The molecule has 0 unspecified atom stereocenters. The lowest BCUT2D eigenvalue weighted by Crippen LogP contribution is -2.38. The Balaban J connectivity index is 1.76. The number of nitrogens with one attached hydrogen (secondary N) is 2. The second-order valence-electron chi connectivity index (χ2n) is 9.26. The summed E-state index contributed by atoms with van der Waals surface area (Å²) in [4.78, 5) is 28.8. The SMILES string of the molecule is CC1(c2cc([Si](C)(C)C)c(O)cc2NC(=O)c2c[nH]c3ccccc3c2=O)CC1. The molecule has 6 heteroatoms. The molecule has 0 radical (unpaired) electrons. The number of aromatic nitrogens is 1. The van der Waals surface area contributed by atoms with Gasteiger partial charge in [0.05, 0.1) is 8.07 Å². The largest absolute Gasteiger partial charge is 0.508 e. The lowest BCUT2D eigenvalue weighted by molar-refractivity contribution is 0.102. The zero-order valence-electron chi connectivity index (χ0n) is 17.2. The smallest absolute Gasteiger partial charge is 0.261 e. The van der Waals surface area contributed by atoms with Gasteiger partial charge in [-0.15, -0.1) is 0 Å². The molecule has 4 rings (SSSR count). The third-order valence-corrected chi connectivity index (χ3v) is 7.89. The summed E-state index contributed by atoms with van der Waals surface area (Å²) in [7, 11) is -1.74. The van der Waals surface area contributed by atoms with Gasteiger partial charge in [-0.05, 0) is 41.1 Å². The minimum atomic E-state index is -1.74. The van der Waals surface area contributed by atoms with Crippen LogP contribution >= 0.6 is 0 Å². The molecule has 1 heterocycles. The van der Waals surface area contributed by atoms with Crippen LogP contribution in [0.25, 0.3) is 10.9 Å². The normalized spacial score (nSPS) is 15.3. The molecule has 150 valence electrons. The number of aromatic hydroxyl groups is 1. The number of para-hydroxylation sites is 1. The van der Waals surface area contributed by atoms with Crippen molar-refractivity contribution in [2.75, 3.05) is 5.32 Å². The van der Waals surface area contributed by atoms with Crippen molar-refractivity contribution in [3.63, 3.8) is 0 Å². The molecule has 1 amide bonds. The summed E-state index contributed by atoms with van der Waals surface area (Å²) < 4.78 is 0. The second kappa shape index (κ2) is 6.59. The van der Waals surface area contributed by atoms with Crippen LogP contribution in [-0.4, -0.2) is 24.1 Å². The van der Waals surface area contributed by atoms with Crippen molar-refractivity contribution >= 4 is 35.8 Å². The zero-order chi connectivity index (χ0) is 21.0. The van der Waals surface area contributed by atoms with E-state index in [2.05, 4.69) is 42.9 Å². The van der Waals surface area contributed by atoms with Crippen molar-refractivity contribution in [3.05, 3.63) is 63.9 Å². The van der Waals surface area contributed by atoms with Gasteiger partial charge in [0.25, 0.3) is 5.91 Å². The Kier molecular flexibility index (Phi) is 4.42. The van der Waals surface area contributed by atoms with Crippen LogP contribution in [0.3, 0.4) is 0 Å². The van der Waals surface area contributed by atoms with E-state index in [-0.39, 0.29) is 22.2 Å². The molecule has 0 bridgehead atoms. The quantitative estimate of drug-likeness (QED) is 0.571. The Hall–Kier alpha value is -2.86. The maximum Gasteiger partial charge on any atom is 0.261 e. The van der Waals surface area contributed by atoms with Crippen molar-refractivity contribution < 1.29 is 9.90 Å². The summed E-state index contributed by atoms with van der Waals surface area (Å²) in [5, 5.41) is 15.0. The number of phenols is 1. The van der Waals surface area contributed by atoms with Crippen LogP contribution in [0.2, 0.25) is 19.6 Å². The molecule has 0 saturated heterocycles. The first-order chi connectivity index (χ1) is 13.6. The summed E-state index contributed by atoms with van der Waals surface area (Å²) in [6.07, 6.45) is 3.54. The Labute approximate surface area is 170 Å². The fraction of sp³-hybridized carbons (Fsp3) is 0.304. The van der Waals surface area contributed by atoms with E-state index in [1.807, 2.05) is 6.07 Å². The van der Waals surface area contributed by atoms with E-state index in [4.69, 9.17) is 0 Å². The molecule has 0 atom stereocenters. The minimum absolute atomic E-state index is 0.000514. The first-order valence-corrected chi connectivity index (χ1v) is 13.4. The molecular formula is C23H26N2O3Si. The van der Waals surface area contributed by atoms with Gasteiger partial charge in [0, 0.05) is 28.9 Å². The van der Waals surface area contributed by atoms with Gasteiger partial charge in [0.1, 0.15) is 11.3 Å². The minimum Gasteiger partial charge on any atom is -0.508 e. The number of benzene rings is 2. The second-order valence-corrected chi connectivity index (χ2v) is 14.3. The number of hydrogen-bond acceptors (Lipinski definition) is 3. The molecule has 0 aliphatic heterocycles. The molecule has 29 heavy (non-hydrogen) atoms. The van der Waals surface area contributed by atoms with Gasteiger partial charge in [-0.2, -0.15) is 0 Å². The predicted octanol–water partition coefficient (Wildman–Crippen LogP) is 4.08. The van der Waals surface area contributed by atoms with Gasteiger partial charge >= 0.3 is 0 Å². The molecule has 0 spiro atoms. The average Bonchev–Trinajstić information content (AvgIpc) is 3.39. The number of rotatable bonds is 4. The topological polar surface area (TPSA) is 82.2 Å². The number of pyridine rings is 1. The van der Waals surface area contributed by atoms with E-state index in [9.17, 15) is 14.7 Å². The lowest BCUT2D eigenvalue weighted by atomic mass is 9.96. The van der Waals surface area contributed by atoms with Gasteiger partial charge < -0.3 is 15.4 Å². The molecule has 3 N–H and O–H groups in total. The molecule has 2 aromatic carbocycles. The number of carbonyl (C=O) groups excluding carboxylic acids is 1. The highest BCUT2D eigenvalue weighted by molar-refractivity contribution is 6.89. The monoisotopic (exact) mass is 406 g/mol.